The number of hydrogen-bond donors (Lipinski definition) is 0. The Hall–Kier alpha value is -2.90. The van der Waals surface area contributed by atoms with Crippen LogP contribution in [0, 0.1) is 6.92 Å². The number of methoxy groups -OCH3 is 1. The summed E-state index contributed by atoms with van der Waals surface area (Å²) in [6, 6.07) is 3.49. The molecule has 0 saturated heterocycles. The smallest absolute Gasteiger partial charge is 0.358 e. The number of carbonyl (C=O) groups is 2. The third-order valence-corrected chi connectivity index (χ3v) is 4.28. The number of hydrogen-bond acceptors (Lipinski definition) is 7. The average Bonchev–Trinajstić information content (AvgIpc) is 2.96. The topological polar surface area (TPSA) is 86.6 Å². The highest BCUT2D eigenvalue weighted by atomic mass is 16.6. The maximum Gasteiger partial charge on any atom is 0.358 e. The zero-order valence-electron chi connectivity index (χ0n) is 16.3. The number of aromatic nitrogens is 3. The van der Waals surface area contributed by atoms with E-state index in [1.165, 1.54) is 13.3 Å². The third-order valence-electron chi connectivity index (χ3n) is 4.28. The van der Waals surface area contributed by atoms with E-state index in [1.54, 1.807) is 12.1 Å². The summed E-state index contributed by atoms with van der Waals surface area (Å²) in [5.41, 5.74) is 0.999. The van der Waals surface area contributed by atoms with Gasteiger partial charge in [-0.25, -0.2) is 19.6 Å². The lowest BCUT2D eigenvalue weighted by atomic mass is 10.2. The second kappa shape index (κ2) is 7.02. The summed E-state index contributed by atoms with van der Waals surface area (Å²) >= 11 is 0. The molecule has 0 spiro atoms. The van der Waals surface area contributed by atoms with Crippen molar-refractivity contribution in [3.63, 3.8) is 0 Å². The summed E-state index contributed by atoms with van der Waals surface area (Å²) in [7, 11) is 1.35. The van der Waals surface area contributed by atoms with E-state index in [0.717, 1.165) is 23.9 Å². The summed E-state index contributed by atoms with van der Waals surface area (Å²) in [6.45, 7) is 9.26. The number of ether oxygens (including phenoxy) is 2. The first-order chi connectivity index (χ1) is 12.7. The predicted molar refractivity (Wildman–Crippen MR) is 98.8 cm³/mol. The van der Waals surface area contributed by atoms with Crippen molar-refractivity contribution in [3.05, 3.63) is 41.1 Å². The van der Waals surface area contributed by atoms with Crippen LogP contribution in [-0.2, 0) is 22.6 Å². The molecule has 0 N–H and O–H groups in total. The van der Waals surface area contributed by atoms with E-state index in [4.69, 9.17) is 9.47 Å². The number of imidazole rings is 1. The second-order valence-corrected chi connectivity index (χ2v) is 7.43. The van der Waals surface area contributed by atoms with Gasteiger partial charge in [0.25, 0.3) is 0 Å². The average molecular weight is 372 g/mol. The minimum atomic E-state index is -0.552. The summed E-state index contributed by atoms with van der Waals surface area (Å²) in [6.07, 6.45) is 1.52. The van der Waals surface area contributed by atoms with E-state index in [2.05, 4.69) is 9.97 Å². The van der Waals surface area contributed by atoms with Crippen LogP contribution in [0.15, 0.2) is 18.3 Å². The lowest BCUT2D eigenvalue weighted by Gasteiger charge is -2.30. The van der Waals surface area contributed by atoms with Gasteiger partial charge >= 0.3 is 11.9 Å². The van der Waals surface area contributed by atoms with Gasteiger partial charge in [-0.1, -0.05) is 0 Å². The van der Waals surface area contributed by atoms with Crippen LogP contribution in [0.3, 0.4) is 0 Å². The minimum absolute atomic E-state index is 0.338. The molecule has 0 atom stereocenters. The standard InChI is InChI=1S/C19H24N4O4/c1-12-21-16(18(25)26-5)14-11-22(8-9-23(12)14)15-7-6-13(10-20-15)17(24)27-19(2,3)4/h6-7,10H,8-9,11H2,1-5H3. The molecule has 0 aromatic carbocycles. The van der Waals surface area contributed by atoms with Gasteiger partial charge in [0.1, 0.15) is 17.2 Å². The molecule has 1 aliphatic heterocycles. The quantitative estimate of drug-likeness (QED) is 0.764. The number of carbonyl (C=O) groups excluding carboxylic acids is 2. The first-order valence-electron chi connectivity index (χ1n) is 8.78. The van der Waals surface area contributed by atoms with Crippen LogP contribution in [0.25, 0.3) is 0 Å². The largest absolute Gasteiger partial charge is 0.464 e. The maximum absolute atomic E-state index is 12.1. The van der Waals surface area contributed by atoms with Gasteiger partial charge in [0, 0.05) is 19.3 Å². The monoisotopic (exact) mass is 372 g/mol. The summed E-state index contributed by atoms with van der Waals surface area (Å²) in [4.78, 5) is 34.9. The third kappa shape index (κ3) is 3.94. The number of nitrogens with zero attached hydrogens (tertiary/aromatic N) is 4. The van der Waals surface area contributed by atoms with Crippen molar-refractivity contribution in [2.45, 2.75) is 46.4 Å². The number of esters is 2. The Morgan fingerprint density at radius 2 is 1.89 bits per heavy atom. The highest BCUT2D eigenvalue weighted by molar-refractivity contribution is 5.90. The molecule has 3 heterocycles. The van der Waals surface area contributed by atoms with Crippen molar-refractivity contribution >= 4 is 17.8 Å². The van der Waals surface area contributed by atoms with Gasteiger partial charge in [-0.2, -0.15) is 0 Å². The van der Waals surface area contributed by atoms with Crippen LogP contribution in [0.2, 0.25) is 0 Å². The van der Waals surface area contributed by atoms with E-state index in [9.17, 15) is 9.59 Å². The molecule has 3 rings (SSSR count). The van der Waals surface area contributed by atoms with E-state index in [-0.39, 0.29) is 0 Å². The van der Waals surface area contributed by atoms with E-state index in [1.807, 2.05) is 37.2 Å². The predicted octanol–water partition coefficient (Wildman–Crippen LogP) is 2.35. The van der Waals surface area contributed by atoms with Crippen LogP contribution >= 0.6 is 0 Å². The zero-order chi connectivity index (χ0) is 19.8. The Balaban J connectivity index is 1.79. The summed E-state index contributed by atoms with van der Waals surface area (Å²) < 4.78 is 12.2. The van der Waals surface area contributed by atoms with Gasteiger partial charge in [-0.15, -0.1) is 0 Å². The number of pyridine rings is 1. The zero-order valence-corrected chi connectivity index (χ0v) is 16.3. The van der Waals surface area contributed by atoms with Crippen LogP contribution in [0.5, 0.6) is 0 Å². The summed E-state index contributed by atoms with van der Waals surface area (Å²) in [5, 5.41) is 0. The molecule has 2 aromatic heterocycles. The Kier molecular flexibility index (Phi) is 4.91. The molecule has 0 fully saturated rings. The van der Waals surface area contributed by atoms with Crippen molar-refractivity contribution in [2.75, 3.05) is 18.6 Å². The minimum Gasteiger partial charge on any atom is -0.464 e. The fraction of sp³-hybridized carbons (Fsp3) is 0.474. The Morgan fingerprint density at radius 1 is 1.15 bits per heavy atom. The van der Waals surface area contributed by atoms with Gasteiger partial charge in [-0.05, 0) is 39.8 Å². The Labute approximate surface area is 158 Å². The van der Waals surface area contributed by atoms with Crippen molar-refractivity contribution < 1.29 is 19.1 Å². The lowest BCUT2D eigenvalue weighted by Crippen LogP contribution is -2.35. The number of fused-ring (bicyclic) bond motifs is 1. The SMILES string of the molecule is COC(=O)c1nc(C)n2c1CN(c1ccc(C(=O)OC(C)(C)C)cn1)CC2. The molecule has 144 valence electrons. The van der Waals surface area contributed by atoms with Gasteiger partial charge in [0.05, 0.1) is 24.9 Å². The molecule has 1 aliphatic rings. The normalized spacial score (nSPS) is 13.9. The second-order valence-electron chi connectivity index (χ2n) is 7.43. The molecular formula is C19H24N4O4. The molecular weight excluding hydrogens is 348 g/mol. The van der Waals surface area contributed by atoms with Gasteiger partial charge < -0.3 is 18.9 Å². The van der Waals surface area contributed by atoms with Crippen LogP contribution in [0.4, 0.5) is 5.82 Å². The number of aryl methyl sites for hydroxylation is 1. The Morgan fingerprint density at radius 3 is 2.48 bits per heavy atom. The molecule has 2 aromatic rings. The Bertz CT molecular complexity index is 865. The van der Waals surface area contributed by atoms with Gasteiger partial charge in [-0.3, -0.25) is 0 Å². The lowest BCUT2D eigenvalue weighted by molar-refractivity contribution is 0.00689. The molecule has 0 radical (unpaired) electrons. The number of anilines is 1. The molecule has 8 heteroatoms. The van der Waals surface area contributed by atoms with Gasteiger partial charge in [0.2, 0.25) is 0 Å². The van der Waals surface area contributed by atoms with E-state index in [0.29, 0.717) is 24.3 Å². The van der Waals surface area contributed by atoms with Crippen LogP contribution < -0.4 is 4.90 Å². The molecule has 0 bridgehead atoms. The molecule has 8 nitrogen and oxygen atoms in total. The number of rotatable bonds is 3. The fourth-order valence-electron chi connectivity index (χ4n) is 3.03. The van der Waals surface area contributed by atoms with Crippen molar-refractivity contribution in [1.82, 2.24) is 14.5 Å². The van der Waals surface area contributed by atoms with Crippen molar-refractivity contribution in [2.24, 2.45) is 0 Å². The molecule has 0 amide bonds. The van der Waals surface area contributed by atoms with Crippen LogP contribution in [0.1, 0.15) is 53.1 Å². The molecule has 27 heavy (non-hydrogen) atoms. The van der Waals surface area contributed by atoms with Crippen molar-refractivity contribution in [1.29, 1.82) is 0 Å². The fourth-order valence-corrected chi connectivity index (χ4v) is 3.03. The van der Waals surface area contributed by atoms with E-state index < -0.39 is 17.5 Å². The molecule has 0 unspecified atom stereocenters. The highest BCUT2D eigenvalue weighted by Gasteiger charge is 2.27. The first-order valence-corrected chi connectivity index (χ1v) is 8.78. The highest BCUT2D eigenvalue weighted by Crippen LogP contribution is 2.24. The summed E-state index contributed by atoms with van der Waals surface area (Å²) in [5.74, 6) is 0.672. The first kappa shape index (κ1) is 18.9. The molecule has 0 aliphatic carbocycles. The van der Waals surface area contributed by atoms with Gasteiger partial charge in [0.15, 0.2) is 5.69 Å². The van der Waals surface area contributed by atoms with Crippen molar-refractivity contribution in [3.8, 4) is 0 Å². The molecule has 0 saturated carbocycles. The van der Waals surface area contributed by atoms with E-state index >= 15 is 0 Å². The van der Waals surface area contributed by atoms with Crippen LogP contribution in [-0.4, -0.2) is 45.7 Å². The maximum atomic E-state index is 12.1.